The Balaban J connectivity index is 1.79. The van der Waals surface area contributed by atoms with Crippen molar-refractivity contribution in [3.63, 3.8) is 0 Å². The highest BCUT2D eigenvalue weighted by atomic mass is 19.1. The Morgan fingerprint density at radius 3 is 2.55 bits per heavy atom. The van der Waals surface area contributed by atoms with Crippen molar-refractivity contribution >= 4 is 5.97 Å². The molecule has 1 N–H and O–H groups in total. The number of tetrazole rings is 1. The van der Waals surface area contributed by atoms with E-state index in [4.69, 9.17) is 4.74 Å². The number of aryl methyl sites for hydroxylation is 2. The molecule has 1 aliphatic heterocycles. The van der Waals surface area contributed by atoms with Crippen molar-refractivity contribution < 1.29 is 19.0 Å². The average molecular weight is 419 g/mol. The van der Waals surface area contributed by atoms with Gasteiger partial charge >= 0.3 is 5.97 Å². The maximum Gasteiger partial charge on any atom is 0.352 e. The maximum atomic E-state index is 13.5. The van der Waals surface area contributed by atoms with Gasteiger partial charge in [0.2, 0.25) is 5.82 Å². The third-order valence-electron chi connectivity index (χ3n) is 5.51. The first-order valence-electron chi connectivity index (χ1n) is 9.64. The molecule has 0 fully saturated rings. The second-order valence-corrected chi connectivity index (χ2v) is 7.32. The molecule has 0 amide bonds. The molecule has 8 nitrogen and oxygen atoms in total. The van der Waals surface area contributed by atoms with E-state index in [1.54, 1.807) is 36.9 Å². The molecule has 156 valence electrons. The van der Waals surface area contributed by atoms with Gasteiger partial charge in [-0.25, -0.2) is 9.18 Å². The molecule has 31 heavy (non-hydrogen) atoms. The smallest absolute Gasteiger partial charge is 0.352 e. The lowest BCUT2D eigenvalue weighted by Gasteiger charge is -2.23. The Morgan fingerprint density at radius 2 is 1.90 bits per heavy atom. The number of hydrogen-bond acceptors (Lipinski definition) is 5. The molecule has 4 aromatic rings. The quantitative estimate of drug-likeness (QED) is 0.545. The Morgan fingerprint density at radius 1 is 1.13 bits per heavy atom. The van der Waals surface area contributed by atoms with Crippen LogP contribution in [0.25, 0.3) is 33.8 Å². The summed E-state index contributed by atoms with van der Waals surface area (Å²) < 4.78 is 20.9. The van der Waals surface area contributed by atoms with Gasteiger partial charge in [-0.1, -0.05) is 12.1 Å². The first-order valence-corrected chi connectivity index (χ1v) is 9.64. The zero-order valence-electron chi connectivity index (χ0n) is 16.8. The minimum atomic E-state index is -1.01. The van der Waals surface area contributed by atoms with Crippen LogP contribution in [0.5, 0.6) is 5.75 Å². The SMILES string of the molecule is COc1cc2c(cc1-c1nnn(C)n1)-c1c(-c3ccc(F)cc3)cc(C(=O)O)n1CC2. The number of fused-ring (bicyclic) bond motifs is 3. The number of ether oxygens (including phenoxy) is 1. The normalized spacial score (nSPS) is 12.4. The van der Waals surface area contributed by atoms with Gasteiger partial charge in [-0.15, -0.1) is 10.2 Å². The van der Waals surface area contributed by atoms with E-state index in [9.17, 15) is 14.3 Å². The maximum absolute atomic E-state index is 13.5. The number of carbonyl (C=O) groups is 1. The van der Waals surface area contributed by atoms with Gasteiger partial charge in [-0.3, -0.25) is 0 Å². The molecule has 3 heterocycles. The van der Waals surface area contributed by atoms with Crippen LogP contribution in [0.15, 0.2) is 42.5 Å². The topological polar surface area (TPSA) is 95.1 Å². The first kappa shape index (κ1) is 19.0. The van der Waals surface area contributed by atoms with E-state index in [0.717, 1.165) is 27.9 Å². The Bertz CT molecular complexity index is 1320. The fraction of sp³-hybridized carbons (Fsp3) is 0.182. The Labute approximate surface area is 176 Å². The molecule has 0 aliphatic carbocycles. The summed E-state index contributed by atoms with van der Waals surface area (Å²) >= 11 is 0. The largest absolute Gasteiger partial charge is 0.496 e. The zero-order chi connectivity index (χ0) is 21.7. The van der Waals surface area contributed by atoms with Crippen molar-refractivity contribution in [3.8, 4) is 39.5 Å². The second-order valence-electron chi connectivity index (χ2n) is 7.32. The molecule has 1 aliphatic rings. The van der Waals surface area contributed by atoms with Gasteiger partial charge in [-0.05, 0) is 53.1 Å². The van der Waals surface area contributed by atoms with Crippen molar-refractivity contribution in [1.82, 2.24) is 24.8 Å². The summed E-state index contributed by atoms with van der Waals surface area (Å²) in [7, 11) is 3.26. The Hall–Kier alpha value is -4.01. The monoisotopic (exact) mass is 419 g/mol. The molecule has 0 radical (unpaired) electrons. The fourth-order valence-electron chi connectivity index (χ4n) is 4.12. The van der Waals surface area contributed by atoms with Crippen LogP contribution in [0, 0.1) is 5.82 Å². The molecule has 2 aromatic heterocycles. The van der Waals surface area contributed by atoms with Crippen LogP contribution in [0.1, 0.15) is 16.1 Å². The minimum absolute atomic E-state index is 0.190. The summed E-state index contributed by atoms with van der Waals surface area (Å²) in [6, 6.07) is 11.5. The standard InChI is InChI=1S/C22H18FN5O3/c1-27-25-21(24-26-27)17-10-15-13(9-19(17)31-2)7-8-28-18(22(29)30)11-16(20(15)28)12-3-5-14(23)6-4-12/h3-6,9-11H,7-8H2,1-2H3,(H,29,30). The van der Waals surface area contributed by atoms with Gasteiger partial charge in [0.15, 0.2) is 0 Å². The lowest BCUT2D eigenvalue weighted by molar-refractivity contribution is 0.0685. The summed E-state index contributed by atoms with van der Waals surface area (Å²) in [5.74, 6) is -0.333. The molecule has 0 saturated carbocycles. The van der Waals surface area contributed by atoms with Crippen molar-refractivity contribution in [2.75, 3.05) is 7.11 Å². The predicted molar refractivity (Wildman–Crippen MR) is 110 cm³/mol. The number of rotatable bonds is 4. The zero-order valence-corrected chi connectivity index (χ0v) is 16.8. The number of halogens is 1. The first-order chi connectivity index (χ1) is 15.0. The minimum Gasteiger partial charge on any atom is -0.496 e. The molecular weight excluding hydrogens is 401 g/mol. The lowest BCUT2D eigenvalue weighted by Crippen LogP contribution is -2.16. The van der Waals surface area contributed by atoms with E-state index in [0.29, 0.717) is 30.1 Å². The van der Waals surface area contributed by atoms with Gasteiger partial charge in [0.25, 0.3) is 0 Å². The molecule has 0 saturated heterocycles. The number of aromatic carboxylic acids is 1. The van der Waals surface area contributed by atoms with E-state index in [1.807, 2.05) is 12.1 Å². The van der Waals surface area contributed by atoms with Crippen LogP contribution >= 0.6 is 0 Å². The van der Waals surface area contributed by atoms with Gasteiger partial charge in [0.1, 0.15) is 17.3 Å². The Kier molecular flexibility index (Phi) is 4.32. The molecule has 9 heteroatoms. The summed E-state index contributed by atoms with van der Waals surface area (Å²) in [5.41, 5.74) is 4.96. The summed E-state index contributed by atoms with van der Waals surface area (Å²) in [6.07, 6.45) is 0.644. The highest BCUT2D eigenvalue weighted by Gasteiger charge is 2.28. The van der Waals surface area contributed by atoms with Gasteiger partial charge in [-0.2, -0.15) is 4.80 Å². The molecule has 0 spiro atoms. The number of methoxy groups -OCH3 is 1. The van der Waals surface area contributed by atoms with Gasteiger partial charge < -0.3 is 14.4 Å². The summed E-state index contributed by atoms with van der Waals surface area (Å²) in [4.78, 5) is 13.3. The van der Waals surface area contributed by atoms with Crippen molar-refractivity contribution in [2.45, 2.75) is 13.0 Å². The number of benzene rings is 2. The van der Waals surface area contributed by atoms with Crippen molar-refractivity contribution in [1.29, 1.82) is 0 Å². The number of hydrogen-bond donors (Lipinski definition) is 1. The predicted octanol–water partition coefficient (Wildman–Crippen LogP) is 3.41. The van der Waals surface area contributed by atoms with Crippen LogP contribution in [-0.4, -0.2) is 43.0 Å². The van der Waals surface area contributed by atoms with Crippen molar-refractivity contribution in [2.24, 2.45) is 7.05 Å². The molecule has 0 atom stereocenters. The summed E-state index contributed by atoms with van der Waals surface area (Å²) in [6.45, 7) is 0.511. The second kappa shape index (κ2) is 7.05. The molecule has 5 rings (SSSR count). The van der Waals surface area contributed by atoms with E-state index in [-0.39, 0.29) is 11.5 Å². The van der Waals surface area contributed by atoms with Crippen LogP contribution in [0.3, 0.4) is 0 Å². The number of carboxylic acid groups (broad SMARTS) is 1. The molecule has 0 unspecified atom stereocenters. The molecular formula is C22H18FN5O3. The average Bonchev–Trinajstić information content (AvgIpc) is 3.37. The third kappa shape index (κ3) is 3.05. The van der Waals surface area contributed by atoms with Gasteiger partial charge in [0.05, 0.1) is 25.4 Å². The van der Waals surface area contributed by atoms with Gasteiger partial charge in [0, 0.05) is 17.7 Å². The number of nitrogens with zero attached hydrogens (tertiary/aromatic N) is 5. The third-order valence-corrected chi connectivity index (χ3v) is 5.51. The van der Waals surface area contributed by atoms with E-state index in [1.165, 1.54) is 16.9 Å². The number of carboxylic acids is 1. The highest BCUT2D eigenvalue weighted by molar-refractivity contribution is 5.95. The summed E-state index contributed by atoms with van der Waals surface area (Å²) in [5, 5.41) is 22.1. The van der Waals surface area contributed by atoms with Crippen LogP contribution in [0.2, 0.25) is 0 Å². The van der Waals surface area contributed by atoms with Crippen molar-refractivity contribution in [3.05, 3.63) is 59.5 Å². The van der Waals surface area contributed by atoms with Crippen LogP contribution < -0.4 is 4.74 Å². The fourth-order valence-corrected chi connectivity index (χ4v) is 4.12. The van der Waals surface area contributed by atoms with Crippen LogP contribution in [-0.2, 0) is 20.0 Å². The van der Waals surface area contributed by atoms with E-state index in [2.05, 4.69) is 15.4 Å². The molecule has 0 bridgehead atoms. The number of aromatic nitrogens is 5. The van der Waals surface area contributed by atoms with Crippen LogP contribution in [0.4, 0.5) is 4.39 Å². The molecule has 2 aromatic carbocycles. The highest BCUT2D eigenvalue weighted by Crippen LogP contribution is 2.43. The lowest BCUT2D eigenvalue weighted by atomic mass is 9.91. The van der Waals surface area contributed by atoms with E-state index < -0.39 is 5.97 Å². The van der Waals surface area contributed by atoms with E-state index >= 15 is 0 Å².